The summed E-state index contributed by atoms with van der Waals surface area (Å²) in [6.45, 7) is 1.85. The maximum atomic E-state index is 12.2. The van der Waals surface area contributed by atoms with Gasteiger partial charge in [-0.3, -0.25) is 14.9 Å². The molecule has 3 aromatic rings. The molecule has 1 aromatic carbocycles. The van der Waals surface area contributed by atoms with Crippen LogP contribution in [0, 0.1) is 6.92 Å². The Balaban J connectivity index is 1.52. The Morgan fingerprint density at radius 3 is 2.47 bits per heavy atom. The van der Waals surface area contributed by atoms with Gasteiger partial charge in [0.2, 0.25) is 11.8 Å². The van der Waals surface area contributed by atoms with E-state index in [0.29, 0.717) is 17.4 Å². The smallest absolute Gasteiger partial charge is 0.344 e. The Kier molecular flexibility index (Phi) is 8.59. The number of rotatable bonds is 11. The van der Waals surface area contributed by atoms with Crippen molar-refractivity contribution in [1.29, 1.82) is 0 Å². The molecular weight excluding hydrogens is 474 g/mol. The fourth-order valence-corrected chi connectivity index (χ4v) is 2.97. The number of carbonyl (C=O) groups excluding carboxylic acids is 4. The summed E-state index contributed by atoms with van der Waals surface area (Å²) in [4.78, 5) is 52.3. The lowest BCUT2D eigenvalue weighted by molar-refractivity contribution is -0.149. The summed E-state index contributed by atoms with van der Waals surface area (Å²) >= 11 is 0. The van der Waals surface area contributed by atoms with Crippen molar-refractivity contribution in [1.82, 2.24) is 4.98 Å². The number of nitrogens with zero attached hydrogens (tertiary/aromatic N) is 1. The zero-order chi connectivity index (χ0) is 26.1. The average Bonchev–Trinajstić information content (AvgIpc) is 3.18. The second kappa shape index (κ2) is 12.0. The number of amides is 2. The SMILES string of the molecule is CCOC(=O)c1c(C)oc(NC(=O)COC(=O)COc2cccc(Oc3ccccn3)c2)c1C(N)=O. The number of nitrogens with two attached hydrogens (primary N) is 1. The van der Waals surface area contributed by atoms with E-state index in [1.54, 1.807) is 55.6 Å². The number of aromatic nitrogens is 1. The fourth-order valence-electron chi connectivity index (χ4n) is 2.97. The van der Waals surface area contributed by atoms with Crippen LogP contribution in [0.4, 0.5) is 5.88 Å². The van der Waals surface area contributed by atoms with Gasteiger partial charge in [0.05, 0.1) is 6.61 Å². The number of primary amides is 1. The van der Waals surface area contributed by atoms with Gasteiger partial charge in [-0.25, -0.2) is 14.6 Å². The van der Waals surface area contributed by atoms with Crippen molar-refractivity contribution in [2.24, 2.45) is 5.73 Å². The van der Waals surface area contributed by atoms with Gasteiger partial charge in [0, 0.05) is 18.3 Å². The normalized spacial score (nSPS) is 10.3. The van der Waals surface area contributed by atoms with Crippen LogP contribution in [0.2, 0.25) is 0 Å². The summed E-state index contributed by atoms with van der Waals surface area (Å²) in [6, 6.07) is 11.7. The molecule has 2 heterocycles. The third-order valence-corrected chi connectivity index (χ3v) is 4.45. The van der Waals surface area contributed by atoms with Crippen LogP contribution in [0.25, 0.3) is 0 Å². The van der Waals surface area contributed by atoms with E-state index in [1.807, 2.05) is 0 Å². The third-order valence-electron chi connectivity index (χ3n) is 4.45. The van der Waals surface area contributed by atoms with Crippen LogP contribution in [0.1, 0.15) is 33.4 Å². The minimum atomic E-state index is -1.01. The molecule has 0 saturated heterocycles. The summed E-state index contributed by atoms with van der Waals surface area (Å²) in [7, 11) is 0. The molecule has 2 aromatic heterocycles. The Morgan fingerprint density at radius 1 is 1.00 bits per heavy atom. The summed E-state index contributed by atoms with van der Waals surface area (Å²) in [6.07, 6.45) is 1.59. The van der Waals surface area contributed by atoms with Crippen molar-refractivity contribution < 1.29 is 42.5 Å². The zero-order valence-electron chi connectivity index (χ0n) is 19.4. The molecule has 3 N–H and O–H groups in total. The molecule has 36 heavy (non-hydrogen) atoms. The maximum Gasteiger partial charge on any atom is 0.344 e. The van der Waals surface area contributed by atoms with Crippen LogP contribution in [0.5, 0.6) is 17.4 Å². The highest BCUT2D eigenvalue weighted by atomic mass is 16.6. The quantitative estimate of drug-likeness (QED) is 0.375. The number of hydrogen-bond acceptors (Lipinski definition) is 10. The number of pyridine rings is 1. The van der Waals surface area contributed by atoms with Crippen LogP contribution in [0.15, 0.2) is 53.1 Å². The van der Waals surface area contributed by atoms with Crippen LogP contribution in [-0.4, -0.2) is 48.6 Å². The number of benzene rings is 1. The van der Waals surface area contributed by atoms with E-state index in [2.05, 4.69) is 10.3 Å². The van der Waals surface area contributed by atoms with E-state index in [9.17, 15) is 19.2 Å². The number of furan rings is 1. The number of carbonyl (C=O) groups is 4. The zero-order valence-corrected chi connectivity index (χ0v) is 19.4. The number of nitrogens with one attached hydrogen (secondary N) is 1. The van der Waals surface area contributed by atoms with Gasteiger partial charge in [0.25, 0.3) is 11.8 Å². The summed E-state index contributed by atoms with van der Waals surface area (Å²) < 4.78 is 26.0. The van der Waals surface area contributed by atoms with E-state index in [4.69, 9.17) is 29.1 Å². The molecule has 0 aliphatic rings. The summed E-state index contributed by atoms with van der Waals surface area (Å²) in [5, 5.41) is 2.26. The van der Waals surface area contributed by atoms with Gasteiger partial charge < -0.3 is 29.1 Å². The van der Waals surface area contributed by atoms with Crippen LogP contribution in [-0.2, 0) is 19.1 Å². The largest absolute Gasteiger partial charge is 0.482 e. The molecule has 0 fully saturated rings. The second-order valence-electron chi connectivity index (χ2n) is 7.06. The van der Waals surface area contributed by atoms with Crippen molar-refractivity contribution in [2.45, 2.75) is 13.8 Å². The van der Waals surface area contributed by atoms with Gasteiger partial charge >= 0.3 is 11.9 Å². The van der Waals surface area contributed by atoms with Gasteiger partial charge in [-0.1, -0.05) is 12.1 Å². The number of ether oxygens (including phenoxy) is 4. The molecule has 188 valence electrons. The highest BCUT2D eigenvalue weighted by Crippen LogP contribution is 2.28. The molecular formula is C24H23N3O9. The van der Waals surface area contributed by atoms with Gasteiger partial charge in [0.15, 0.2) is 13.2 Å². The molecule has 3 rings (SSSR count). The molecule has 0 spiro atoms. The highest BCUT2D eigenvalue weighted by Gasteiger charge is 2.29. The third kappa shape index (κ3) is 6.82. The van der Waals surface area contributed by atoms with E-state index in [1.165, 1.54) is 6.92 Å². The summed E-state index contributed by atoms with van der Waals surface area (Å²) in [5.74, 6) is -2.67. The van der Waals surface area contributed by atoms with E-state index in [-0.39, 0.29) is 29.4 Å². The topological polar surface area (TPSA) is 169 Å². The van der Waals surface area contributed by atoms with Gasteiger partial charge in [-0.15, -0.1) is 0 Å². The molecule has 0 bridgehead atoms. The lowest BCUT2D eigenvalue weighted by Crippen LogP contribution is -2.25. The molecule has 0 unspecified atom stereocenters. The van der Waals surface area contributed by atoms with Crippen LogP contribution >= 0.6 is 0 Å². The molecule has 12 heteroatoms. The number of aryl methyl sites for hydroxylation is 1. The first-order valence-electron chi connectivity index (χ1n) is 10.7. The number of esters is 2. The van der Waals surface area contributed by atoms with E-state index >= 15 is 0 Å². The van der Waals surface area contributed by atoms with Crippen molar-refractivity contribution in [3.05, 3.63) is 65.5 Å². The number of hydrogen-bond donors (Lipinski definition) is 2. The standard InChI is InChI=1S/C24H23N3O9/c1-3-32-24(31)20-14(2)35-23(21(20)22(25)30)27-17(28)12-34-19(29)13-33-15-7-6-8-16(11-15)36-18-9-4-5-10-26-18/h4-11H,3,12-13H2,1-2H3,(H2,25,30)(H,27,28). The molecule has 0 aliphatic heterocycles. The first kappa shape index (κ1) is 25.7. The minimum Gasteiger partial charge on any atom is -0.482 e. The molecule has 0 atom stereocenters. The van der Waals surface area contributed by atoms with Crippen LogP contribution < -0.4 is 20.5 Å². The van der Waals surface area contributed by atoms with Gasteiger partial charge in [-0.2, -0.15) is 0 Å². The molecule has 0 saturated carbocycles. The Bertz CT molecular complexity index is 1250. The lowest BCUT2D eigenvalue weighted by atomic mass is 10.1. The Morgan fingerprint density at radius 2 is 1.78 bits per heavy atom. The highest BCUT2D eigenvalue weighted by molar-refractivity contribution is 6.10. The van der Waals surface area contributed by atoms with Crippen molar-refractivity contribution in [2.75, 3.05) is 25.1 Å². The van der Waals surface area contributed by atoms with Crippen LogP contribution in [0.3, 0.4) is 0 Å². The monoisotopic (exact) mass is 497 g/mol. The van der Waals surface area contributed by atoms with E-state index < -0.39 is 37.0 Å². The fraction of sp³-hybridized carbons (Fsp3) is 0.208. The molecule has 2 amide bonds. The molecule has 0 radical (unpaired) electrons. The van der Waals surface area contributed by atoms with E-state index in [0.717, 1.165) is 0 Å². The number of anilines is 1. The van der Waals surface area contributed by atoms with Crippen molar-refractivity contribution >= 4 is 29.6 Å². The Hall–Kier alpha value is -4.87. The first-order valence-corrected chi connectivity index (χ1v) is 10.7. The molecule has 12 nitrogen and oxygen atoms in total. The average molecular weight is 497 g/mol. The Labute approximate surface area is 205 Å². The maximum absolute atomic E-state index is 12.2. The van der Waals surface area contributed by atoms with Gasteiger partial charge in [-0.05, 0) is 32.0 Å². The lowest BCUT2D eigenvalue weighted by Gasteiger charge is -2.09. The predicted octanol–water partition coefficient (Wildman–Crippen LogP) is 2.61. The molecule has 0 aliphatic carbocycles. The summed E-state index contributed by atoms with van der Waals surface area (Å²) in [5.41, 5.74) is 4.80. The minimum absolute atomic E-state index is 0.0252. The van der Waals surface area contributed by atoms with Crippen molar-refractivity contribution in [3.63, 3.8) is 0 Å². The second-order valence-corrected chi connectivity index (χ2v) is 7.06. The van der Waals surface area contributed by atoms with Gasteiger partial charge in [0.1, 0.15) is 28.4 Å². The van der Waals surface area contributed by atoms with Crippen molar-refractivity contribution in [3.8, 4) is 17.4 Å². The predicted molar refractivity (Wildman–Crippen MR) is 124 cm³/mol. The first-order chi connectivity index (χ1) is 17.3.